The number of halogens is 1. The van der Waals surface area contributed by atoms with E-state index in [0.717, 1.165) is 0 Å². The summed E-state index contributed by atoms with van der Waals surface area (Å²) in [4.78, 5) is 11.7. The number of hydrogen-bond acceptors (Lipinski definition) is 3. The molecule has 1 atom stereocenters. The number of nitrogens with one attached hydrogen (secondary N) is 2. The third-order valence-electron chi connectivity index (χ3n) is 2.38. The van der Waals surface area contributed by atoms with Crippen LogP contribution in [0.1, 0.15) is 6.92 Å². The van der Waals surface area contributed by atoms with E-state index in [9.17, 15) is 4.79 Å². The molecule has 0 saturated heterocycles. The minimum atomic E-state index is -0.0964. The van der Waals surface area contributed by atoms with E-state index in [0.29, 0.717) is 23.0 Å². The Kier molecular flexibility index (Phi) is 5.25. The van der Waals surface area contributed by atoms with Gasteiger partial charge in [-0.15, -0.1) is 0 Å². The minimum absolute atomic E-state index is 0.0411. The molecule has 1 rings (SSSR count). The van der Waals surface area contributed by atoms with Crippen molar-refractivity contribution >= 4 is 23.2 Å². The van der Waals surface area contributed by atoms with Crippen molar-refractivity contribution in [2.45, 2.75) is 6.92 Å². The lowest BCUT2D eigenvalue weighted by molar-refractivity contribution is -0.119. The van der Waals surface area contributed by atoms with Crippen molar-refractivity contribution in [1.29, 1.82) is 0 Å². The van der Waals surface area contributed by atoms with Gasteiger partial charge in [-0.2, -0.15) is 0 Å². The molecule has 0 aliphatic carbocycles. The van der Waals surface area contributed by atoms with Crippen LogP contribution in [0.25, 0.3) is 0 Å². The largest absolute Gasteiger partial charge is 0.495 e. The SMILES string of the molecule is CNCC(C)C(=O)Nc1ccc(OC)c(Cl)c1. The lowest BCUT2D eigenvalue weighted by Crippen LogP contribution is -2.28. The number of carbonyl (C=O) groups is 1. The quantitative estimate of drug-likeness (QED) is 0.849. The van der Waals surface area contributed by atoms with Crippen molar-refractivity contribution in [1.82, 2.24) is 5.32 Å². The first-order valence-electron chi connectivity index (χ1n) is 5.37. The molecule has 1 unspecified atom stereocenters. The topological polar surface area (TPSA) is 50.4 Å². The number of methoxy groups -OCH3 is 1. The lowest BCUT2D eigenvalue weighted by Gasteiger charge is -2.12. The molecule has 17 heavy (non-hydrogen) atoms. The Morgan fingerprint density at radius 3 is 2.76 bits per heavy atom. The molecular formula is C12H17ClN2O2. The van der Waals surface area contributed by atoms with Gasteiger partial charge in [0.2, 0.25) is 5.91 Å². The van der Waals surface area contributed by atoms with Crippen LogP contribution in [0.2, 0.25) is 5.02 Å². The van der Waals surface area contributed by atoms with Gasteiger partial charge < -0.3 is 15.4 Å². The molecule has 2 N–H and O–H groups in total. The van der Waals surface area contributed by atoms with Crippen LogP contribution in [-0.4, -0.2) is 26.6 Å². The number of rotatable bonds is 5. The molecule has 1 amide bonds. The summed E-state index contributed by atoms with van der Waals surface area (Å²) in [5.74, 6) is 0.453. The highest BCUT2D eigenvalue weighted by molar-refractivity contribution is 6.32. The van der Waals surface area contributed by atoms with E-state index in [1.54, 1.807) is 25.3 Å². The molecule has 0 aliphatic rings. The summed E-state index contributed by atoms with van der Waals surface area (Å²) in [6.45, 7) is 2.49. The molecule has 0 saturated carbocycles. The molecule has 0 heterocycles. The van der Waals surface area contributed by atoms with Crippen molar-refractivity contribution in [3.8, 4) is 5.75 Å². The molecule has 1 aromatic rings. The Bertz CT molecular complexity index is 396. The molecule has 0 spiro atoms. The van der Waals surface area contributed by atoms with E-state index in [-0.39, 0.29) is 11.8 Å². The van der Waals surface area contributed by atoms with Crippen LogP contribution in [0.3, 0.4) is 0 Å². The number of hydrogen-bond donors (Lipinski definition) is 2. The Balaban J connectivity index is 2.69. The van der Waals surface area contributed by atoms with Crippen LogP contribution in [0.4, 0.5) is 5.69 Å². The van der Waals surface area contributed by atoms with E-state index in [1.165, 1.54) is 0 Å². The van der Waals surface area contributed by atoms with E-state index >= 15 is 0 Å². The second kappa shape index (κ2) is 6.47. The van der Waals surface area contributed by atoms with Crippen LogP contribution in [0.15, 0.2) is 18.2 Å². The Labute approximate surface area is 106 Å². The highest BCUT2D eigenvalue weighted by atomic mass is 35.5. The molecule has 94 valence electrons. The van der Waals surface area contributed by atoms with E-state index in [4.69, 9.17) is 16.3 Å². The van der Waals surface area contributed by atoms with Crippen LogP contribution >= 0.6 is 11.6 Å². The zero-order valence-corrected chi connectivity index (χ0v) is 11.0. The van der Waals surface area contributed by atoms with Gasteiger partial charge >= 0.3 is 0 Å². The van der Waals surface area contributed by atoms with Crippen LogP contribution < -0.4 is 15.4 Å². The van der Waals surface area contributed by atoms with Crippen molar-refractivity contribution in [2.24, 2.45) is 5.92 Å². The molecule has 0 aromatic heterocycles. The van der Waals surface area contributed by atoms with Crippen molar-refractivity contribution < 1.29 is 9.53 Å². The summed E-state index contributed by atoms with van der Waals surface area (Å²) < 4.78 is 5.04. The molecular weight excluding hydrogens is 240 g/mol. The highest BCUT2D eigenvalue weighted by Crippen LogP contribution is 2.27. The molecule has 1 aromatic carbocycles. The third-order valence-corrected chi connectivity index (χ3v) is 2.67. The molecule has 0 bridgehead atoms. The number of carbonyl (C=O) groups excluding carboxylic acids is 1. The first-order chi connectivity index (χ1) is 8.08. The average Bonchev–Trinajstić information content (AvgIpc) is 2.29. The minimum Gasteiger partial charge on any atom is -0.495 e. The summed E-state index contributed by atoms with van der Waals surface area (Å²) in [5.41, 5.74) is 0.670. The molecule has 0 aliphatic heterocycles. The number of benzene rings is 1. The normalized spacial score (nSPS) is 12.0. The van der Waals surface area contributed by atoms with Crippen molar-refractivity contribution in [3.05, 3.63) is 23.2 Å². The number of amides is 1. The van der Waals surface area contributed by atoms with Crippen LogP contribution in [0, 0.1) is 5.92 Å². The molecule has 0 fully saturated rings. The van der Waals surface area contributed by atoms with Crippen LogP contribution in [0.5, 0.6) is 5.75 Å². The standard InChI is InChI=1S/C12H17ClN2O2/c1-8(7-14-2)12(16)15-9-4-5-11(17-3)10(13)6-9/h4-6,8,14H,7H2,1-3H3,(H,15,16). The first-order valence-corrected chi connectivity index (χ1v) is 5.75. The smallest absolute Gasteiger partial charge is 0.228 e. The Morgan fingerprint density at radius 1 is 1.53 bits per heavy atom. The predicted molar refractivity (Wildman–Crippen MR) is 69.7 cm³/mol. The molecule has 0 radical (unpaired) electrons. The second-order valence-corrected chi connectivity index (χ2v) is 4.20. The lowest BCUT2D eigenvalue weighted by atomic mass is 10.1. The van der Waals surface area contributed by atoms with Gasteiger partial charge in [0.15, 0.2) is 0 Å². The predicted octanol–water partition coefficient (Wildman–Crippen LogP) is 2.14. The van der Waals surface area contributed by atoms with Crippen molar-refractivity contribution in [3.63, 3.8) is 0 Å². The maximum Gasteiger partial charge on any atom is 0.228 e. The monoisotopic (exact) mass is 256 g/mol. The first kappa shape index (κ1) is 13.8. The van der Waals surface area contributed by atoms with E-state index in [1.807, 2.05) is 14.0 Å². The fourth-order valence-corrected chi connectivity index (χ4v) is 1.67. The van der Waals surface area contributed by atoms with E-state index < -0.39 is 0 Å². The van der Waals surface area contributed by atoms with Gasteiger partial charge in [0.25, 0.3) is 0 Å². The van der Waals surface area contributed by atoms with Gasteiger partial charge in [0.1, 0.15) is 5.75 Å². The fourth-order valence-electron chi connectivity index (χ4n) is 1.41. The van der Waals surface area contributed by atoms with Crippen LogP contribution in [-0.2, 0) is 4.79 Å². The summed E-state index contributed by atoms with van der Waals surface area (Å²) in [6, 6.07) is 5.15. The van der Waals surface area contributed by atoms with Gasteiger partial charge in [-0.3, -0.25) is 4.79 Å². The maximum absolute atomic E-state index is 11.7. The van der Waals surface area contributed by atoms with Gasteiger partial charge in [0.05, 0.1) is 12.1 Å². The van der Waals surface area contributed by atoms with E-state index in [2.05, 4.69) is 10.6 Å². The maximum atomic E-state index is 11.7. The molecule has 5 heteroatoms. The van der Waals surface area contributed by atoms with Gasteiger partial charge in [-0.1, -0.05) is 18.5 Å². The summed E-state index contributed by atoms with van der Waals surface area (Å²) in [6.07, 6.45) is 0. The summed E-state index contributed by atoms with van der Waals surface area (Å²) in [7, 11) is 3.36. The highest BCUT2D eigenvalue weighted by Gasteiger charge is 2.12. The number of anilines is 1. The van der Waals surface area contributed by atoms with Gasteiger partial charge in [0, 0.05) is 18.2 Å². The third kappa shape index (κ3) is 3.91. The second-order valence-electron chi connectivity index (χ2n) is 3.80. The summed E-state index contributed by atoms with van der Waals surface area (Å²) >= 11 is 5.97. The van der Waals surface area contributed by atoms with Gasteiger partial charge in [-0.05, 0) is 25.2 Å². The zero-order valence-electron chi connectivity index (χ0n) is 10.2. The van der Waals surface area contributed by atoms with Crippen molar-refractivity contribution in [2.75, 3.05) is 26.0 Å². The molecule has 4 nitrogen and oxygen atoms in total. The fraction of sp³-hybridized carbons (Fsp3) is 0.417. The summed E-state index contributed by atoms with van der Waals surface area (Å²) in [5, 5.41) is 6.23. The Morgan fingerprint density at radius 2 is 2.24 bits per heavy atom. The average molecular weight is 257 g/mol. The van der Waals surface area contributed by atoms with Gasteiger partial charge in [-0.25, -0.2) is 0 Å². The number of ether oxygens (including phenoxy) is 1. The zero-order chi connectivity index (χ0) is 12.8. The Hall–Kier alpha value is -1.26.